The van der Waals surface area contributed by atoms with Crippen LogP contribution in [-0.2, 0) is 11.3 Å². The lowest BCUT2D eigenvalue weighted by Gasteiger charge is -2.30. The van der Waals surface area contributed by atoms with Crippen molar-refractivity contribution in [3.8, 4) is 0 Å². The molecule has 3 nitrogen and oxygen atoms in total. The quantitative estimate of drug-likeness (QED) is 0.448. The number of aldehydes is 1. The molecule has 1 aliphatic heterocycles. The molecule has 4 rings (SSSR count). The first-order valence-electron chi connectivity index (χ1n) is 8.75. The molecule has 0 spiro atoms. The lowest BCUT2D eigenvalue weighted by Crippen LogP contribution is -2.34. The number of rotatable bonds is 4. The molecule has 0 unspecified atom stereocenters. The van der Waals surface area contributed by atoms with Crippen molar-refractivity contribution in [2.24, 2.45) is 0 Å². The van der Waals surface area contributed by atoms with Gasteiger partial charge in [0.05, 0.1) is 17.1 Å². The molecular formula is C23H16FNO2S. The third kappa shape index (κ3) is 3.62. The van der Waals surface area contributed by atoms with Crippen LogP contribution in [0.4, 0.5) is 10.1 Å². The average molecular weight is 389 g/mol. The Balaban J connectivity index is 1.73. The Morgan fingerprint density at radius 3 is 2.32 bits per heavy atom. The standard InChI is InChI=1S/C23H16FNO2S/c24-19-6-2-1-5-18(19)14-25-20-7-3-4-8-21(20)28-22(23(25)27)13-16-9-11-17(15-26)12-10-16/h1-13,15H,14H2/b22-13+. The number of thioether (sulfide) groups is 1. The van der Waals surface area contributed by atoms with E-state index in [4.69, 9.17) is 0 Å². The summed E-state index contributed by atoms with van der Waals surface area (Å²) in [5.74, 6) is -0.507. The van der Waals surface area contributed by atoms with Crippen molar-refractivity contribution in [1.29, 1.82) is 0 Å². The van der Waals surface area contributed by atoms with Gasteiger partial charge in [-0.15, -0.1) is 0 Å². The summed E-state index contributed by atoms with van der Waals surface area (Å²) >= 11 is 1.40. The number of nitrogens with zero attached hydrogens (tertiary/aromatic N) is 1. The zero-order valence-electron chi connectivity index (χ0n) is 14.8. The predicted octanol–water partition coefficient (Wildman–Crippen LogP) is 5.32. The Morgan fingerprint density at radius 2 is 1.57 bits per heavy atom. The molecule has 0 bridgehead atoms. The minimum absolute atomic E-state index is 0.157. The lowest BCUT2D eigenvalue weighted by molar-refractivity contribution is -0.114. The van der Waals surface area contributed by atoms with E-state index < -0.39 is 0 Å². The summed E-state index contributed by atoms with van der Waals surface area (Å²) in [5.41, 5.74) is 2.64. The van der Waals surface area contributed by atoms with Crippen molar-refractivity contribution in [2.75, 3.05) is 4.90 Å². The Hall–Kier alpha value is -3.18. The Kier molecular flexibility index (Phi) is 5.08. The molecule has 0 radical (unpaired) electrons. The van der Waals surface area contributed by atoms with Gasteiger partial charge in [0, 0.05) is 16.0 Å². The second-order valence-corrected chi connectivity index (χ2v) is 7.43. The minimum Gasteiger partial charge on any atom is -0.302 e. The smallest absolute Gasteiger partial charge is 0.265 e. The van der Waals surface area contributed by atoms with Crippen LogP contribution < -0.4 is 4.90 Å². The van der Waals surface area contributed by atoms with Crippen molar-refractivity contribution in [3.63, 3.8) is 0 Å². The van der Waals surface area contributed by atoms with Crippen LogP contribution in [0.2, 0.25) is 0 Å². The van der Waals surface area contributed by atoms with E-state index in [1.165, 1.54) is 17.8 Å². The summed E-state index contributed by atoms with van der Waals surface area (Å²) in [6.45, 7) is 0.157. The molecule has 0 N–H and O–H groups in total. The van der Waals surface area contributed by atoms with Crippen LogP contribution in [-0.4, -0.2) is 12.2 Å². The molecule has 0 saturated carbocycles. The fraction of sp³-hybridized carbons (Fsp3) is 0.0435. The van der Waals surface area contributed by atoms with Gasteiger partial charge in [-0.05, 0) is 29.8 Å². The molecule has 0 fully saturated rings. The van der Waals surface area contributed by atoms with Gasteiger partial charge in [-0.2, -0.15) is 0 Å². The van der Waals surface area contributed by atoms with E-state index in [2.05, 4.69) is 0 Å². The molecule has 3 aromatic rings. The molecule has 28 heavy (non-hydrogen) atoms. The third-order valence-corrected chi connectivity index (χ3v) is 5.57. The van der Waals surface area contributed by atoms with E-state index >= 15 is 0 Å². The van der Waals surface area contributed by atoms with Gasteiger partial charge in [-0.25, -0.2) is 4.39 Å². The second-order valence-electron chi connectivity index (χ2n) is 6.35. The van der Waals surface area contributed by atoms with E-state index in [1.807, 2.05) is 24.3 Å². The molecule has 3 aromatic carbocycles. The molecule has 0 saturated heterocycles. The third-order valence-electron chi connectivity index (χ3n) is 4.49. The zero-order valence-corrected chi connectivity index (χ0v) is 15.7. The SMILES string of the molecule is O=Cc1ccc(/C=C2/Sc3ccccc3N(Cc3ccccc3F)C2=O)cc1. The maximum Gasteiger partial charge on any atom is 0.265 e. The van der Waals surface area contributed by atoms with E-state index in [9.17, 15) is 14.0 Å². The highest BCUT2D eigenvalue weighted by atomic mass is 32.2. The highest BCUT2D eigenvalue weighted by molar-refractivity contribution is 8.04. The lowest BCUT2D eigenvalue weighted by atomic mass is 10.1. The van der Waals surface area contributed by atoms with Crippen LogP contribution in [0.5, 0.6) is 0 Å². The molecule has 1 amide bonds. The summed E-state index contributed by atoms with van der Waals surface area (Å²) in [4.78, 5) is 27.1. The summed E-state index contributed by atoms with van der Waals surface area (Å²) in [6, 6.07) is 21.1. The number of benzene rings is 3. The second kappa shape index (κ2) is 7.82. The number of hydrogen-bond donors (Lipinski definition) is 0. The highest BCUT2D eigenvalue weighted by Crippen LogP contribution is 2.42. The van der Waals surface area contributed by atoms with E-state index in [0.29, 0.717) is 16.0 Å². The molecule has 1 heterocycles. The van der Waals surface area contributed by atoms with Crippen LogP contribution in [0, 0.1) is 5.82 Å². The molecule has 1 aliphatic rings. The highest BCUT2D eigenvalue weighted by Gasteiger charge is 2.29. The van der Waals surface area contributed by atoms with Crippen LogP contribution in [0.1, 0.15) is 21.5 Å². The van der Waals surface area contributed by atoms with Gasteiger partial charge < -0.3 is 4.90 Å². The Labute approximate surface area is 166 Å². The van der Waals surface area contributed by atoms with Gasteiger partial charge >= 0.3 is 0 Å². The van der Waals surface area contributed by atoms with Crippen LogP contribution >= 0.6 is 11.8 Å². The number of carbonyl (C=O) groups excluding carboxylic acids is 2. The maximum absolute atomic E-state index is 14.2. The van der Waals surface area contributed by atoms with Gasteiger partial charge in [-0.3, -0.25) is 9.59 Å². The largest absolute Gasteiger partial charge is 0.302 e. The van der Waals surface area contributed by atoms with Crippen LogP contribution in [0.25, 0.3) is 6.08 Å². The number of hydrogen-bond acceptors (Lipinski definition) is 3. The van der Waals surface area contributed by atoms with Crippen molar-refractivity contribution >= 4 is 35.7 Å². The Morgan fingerprint density at radius 1 is 0.893 bits per heavy atom. The fourth-order valence-corrected chi connectivity index (χ4v) is 4.10. The number of para-hydroxylation sites is 1. The topological polar surface area (TPSA) is 37.4 Å². The van der Waals surface area contributed by atoms with Crippen LogP contribution in [0.15, 0.2) is 82.6 Å². The van der Waals surface area contributed by atoms with Gasteiger partial charge in [0.2, 0.25) is 0 Å². The first kappa shape index (κ1) is 18.2. The summed E-state index contributed by atoms with van der Waals surface area (Å²) < 4.78 is 14.2. The first-order valence-corrected chi connectivity index (χ1v) is 9.56. The van der Waals surface area contributed by atoms with Gasteiger partial charge in [0.1, 0.15) is 12.1 Å². The normalized spacial score (nSPS) is 14.8. The summed E-state index contributed by atoms with van der Waals surface area (Å²) in [6.07, 6.45) is 2.58. The predicted molar refractivity (Wildman–Crippen MR) is 110 cm³/mol. The van der Waals surface area contributed by atoms with Gasteiger partial charge in [-0.1, -0.05) is 66.4 Å². The number of halogens is 1. The fourth-order valence-electron chi connectivity index (χ4n) is 3.04. The number of amides is 1. The number of carbonyl (C=O) groups is 2. The van der Waals surface area contributed by atoms with Gasteiger partial charge in [0.15, 0.2) is 0 Å². The van der Waals surface area contributed by atoms with Gasteiger partial charge in [0.25, 0.3) is 5.91 Å². The molecule has 0 aromatic heterocycles. The Bertz CT molecular complexity index is 1080. The van der Waals surface area contributed by atoms with E-state index in [-0.39, 0.29) is 18.3 Å². The van der Waals surface area contributed by atoms with Crippen molar-refractivity contribution in [2.45, 2.75) is 11.4 Å². The summed E-state index contributed by atoms with van der Waals surface area (Å²) in [5, 5.41) is 0. The monoisotopic (exact) mass is 389 g/mol. The van der Waals surface area contributed by atoms with Crippen LogP contribution in [0.3, 0.4) is 0 Å². The van der Waals surface area contributed by atoms with Crippen molar-refractivity contribution in [1.82, 2.24) is 0 Å². The molecule has 138 valence electrons. The van der Waals surface area contributed by atoms with Crippen molar-refractivity contribution < 1.29 is 14.0 Å². The first-order chi connectivity index (χ1) is 13.7. The average Bonchev–Trinajstić information content (AvgIpc) is 2.73. The molecule has 0 aliphatic carbocycles. The van der Waals surface area contributed by atoms with E-state index in [0.717, 1.165) is 22.4 Å². The number of fused-ring (bicyclic) bond motifs is 1. The molecule has 5 heteroatoms. The molecule has 0 atom stereocenters. The number of anilines is 1. The zero-order chi connectivity index (χ0) is 19.5. The molecular weight excluding hydrogens is 373 g/mol. The van der Waals surface area contributed by atoms with E-state index in [1.54, 1.807) is 53.4 Å². The summed E-state index contributed by atoms with van der Waals surface area (Å²) in [7, 11) is 0. The van der Waals surface area contributed by atoms with Crippen molar-refractivity contribution in [3.05, 3.63) is 100 Å². The minimum atomic E-state index is -0.332. The maximum atomic E-state index is 14.2.